The Bertz CT molecular complexity index is 912. The number of unbranched alkanes of at least 4 members (excludes halogenated alkanes) is 2. The standard InChI is InChI=1S/C21H19N2OSSi/c1-2-3-6-12-22-21(24)15-9-10-20-18(14-15)23-17(11-13-26)16-7-4-5-8-19(16)25-20/h4-5,7-10,14H,2-3,6,12H2,1H3,(H,22,24). The van der Waals surface area contributed by atoms with E-state index in [-0.39, 0.29) is 5.91 Å². The van der Waals surface area contributed by atoms with Gasteiger partial charge in [0, 0.05) is 27.5 Å². The van der Waals surface area contributed by atoms with Crippen LogP contribution >= 0.6 is 11.8 Å². The van der Waals surface area contributed by atoms with Crippen LogP contribution in [-0.2, 0) is 0 Å². The molecule has 1 N–H and O–H groups in total. The maximum atomic E-state index is 12.4. The number of rotatable bonds is 5. The van der Waals surface area contributed by atoms with E-state index < -0.39 is 0 Å². The number of carbonyl (C=O) groups excluding carboxylic acids is 1. The molecule has 1 aliphatic heterocycles. The van der Waals surface area contributed by atoms with Crippen molar-refractivity contribution in [3.05, 3.63) is 53.6 Å². The monoisotopic (exact) mass is 375 g/mol. The summed E-state index contributed by atoms with van der Waals surface area (Å²) >= 11 is 1.65. The number of nitrogens with one attached hydrogen (secondary N) is 1. The highest BCUT2D eigenvalue weighted by atomic mass is 32.2. The molecule has 1 amide bonds. The Hall–Kier alpha value is -2.29. The van der Waals surface area contributed by atoms with Gasteiger partial charge in [0.15, 0.2) is 0 Å². The van der Waals surface area contributed by atoms with Gasteiger partial charge in [-0.2, -0.15) is 0 Å². The first kappa shape index (κ1) is 18.5. The average Bonchev–Trinajstić information content (AvgIpc) is 2.81. The van der Waals surface area contributed by atoms with E-state index in [2.05, 4.69) is 40.0 Å². The van der Waals surface area contributed by atoms with Crippen LogP contribution in [0.25, 0.3) is 0 Å². The topological polar surface area (TPSA) is 41.5 Å². The summed E-state index contributed by atoms with van der Waals surface area (Å²) in [6.07, 6.45) is 3.26. The van der Waals surface area contributed by atoms with Gasteiger partial charge in [-0.15, -0.1) is 5.54 Å². The molecule has 5 heteroatoms. The molecule has 0 aliphatic carbocycles. The molecule has 3 rings (SSSR count). The number of carbonyl (C=O) groups is 1. The molecule has 0 unspecified atom stereocenters. The molecular formula is C21H19N2OSSi. The molecule has 3 radical (unpaired) electrons. The van der Waals surface area contributed by atoms with Gasteiger partial charge in [0.05, 0.1) is 5.69 Å². The first-order valence-electron chi connectivity index (χ1n) is 8.69. The van der Waals surface area contributed by atoms with Crippen molar-refractivity contribution < 1.29 is 4.79 Å². The zero-order valence-corrected chi connectivity index (χ0v) is 16.5. The van der Waals surface area contributed by atoms with E-state index in [9.17, 15) is 4.79 Å². The summed E-state index contributed by atoms with van der Waals surface area (Å²) in [5.74, 6) is 2.96. The van der Waals surface area contributed by atoms with Gasteiger partial charge in [0.25, 0.3) is 5.91 Å². The van der Waals surface area contributed by atoms with Gasteiger partial charge in [-0.25, -0.2) is 4.99 Å². The number of nitrogens with zero attached hydrogens (tertiary/aromatic N) is 1. The van der Waals surface area contributed by atoms with Gasteiger partial charge >= 0.3 is 0 Å². The number of fused-ring (bicyclic) bond motifs is 2. The molecular weight excluding hydrogens is 356 g/mol. The number of hydrogen-bond donors (Lipinski definition) is 1. The lowest BCUT2D eigenvalue weighted by molar-refractivity contribution is 0.0953. The summed E-state index contributed by atoms with van der Waals surface area (Å²) in [5.41, 5.74) is 5.85. The van der Waals surface area contributed by atoms with Gasteiger partial charge in [0.2, 0.25) is 0 Å². The highest BCUT2D eigenvalue weighted by Crippen LogP contribution is 2.40. The molecule has 0 saturated carbocycles. The second kappa shape index (κ2) is 8.88. The predicted octanol–water partition coefficient (Wildman–Crippen LogP) is 4.32. The zero-order chi connectivity index (χ0) is 18.4. The van der Waals surface area contributed by atoms with E-state index in [0.717, 1.165) is 40.3 Å². The van der Waals surface area contributed by atoms with Crippen molar-refractivity contribution in [3.63, 3.8) is 0 Å². The van der Waals surface area contributed by atoms with Crippen LogP contribution in [0.5, 0.6) is 0 Å². The molecule has 0 saturated heterocycles. The van der Waals surface area contributed by atoms with Crippen LogP contribution in [0.2, 0.25) is 0 Å². The molecule has 129 valence electrons. The Kier molecular flexibility index (Phi) is 6.32. The smallest absolute Gasteiger partial charge is 0.251 e. The summed E-state index contributed by atoms with van der Waals surface area (Å²) in [5, 5.41) is 2.98. The summed E-state index contributed by atoms with van der Waals surface area (Å²) in [4.78, 5) is 19.3. The molecule has 3 nitrogen and oxygen atoms in total. The Labute approximate surface area is 162 Å². The van der Waals surface area contributed by atoms with E-state index >= 15 is 0 Å². The first-order chi connectivity index (χ1) is 12.7. The van der Waals surface area contributed by atoms with Gasteiger partial charge in [-0.1, -0.05) is 55.6 Å². The van der Waals surface area contributed by atoms with Crippen LogP contribution in [0.3, 0.4) is 0 Å². The van der Waals surface area contributed by atoms with Crippen molar-refractivity contribution in [3.8, 4) is 11.5 Å². The number of amides is 1. The zero-order valence-electron chi connectivity index (χ0n) is 14.6. The molecule has 26 heavy (non-hydrogen) atoms. The lowest BCUT2D eigenvalue weighted by atomic mass is 10.1. The van der Waals surface area contributed by atoms with Crippen molar-refractivity contribution in [1.82, 2.24) is 5.32 Å². The molecule has 1 aliphatic rings. The van der Waals surface area contributed by atoms with Crippen molar-refractivity contribution in [2.24, 2.45) is 4.99 Å². The number of benzene rings is 2. The third-order valence-corrected chi connectivity index (χ3v) is 5.33. The SMILES string of the molecule is CCCCCNC(=O)c1ccc2c(c1)N=C(C#C[Si])c1ccccc1S2. The molecule has 2 aromatic carbocycles. The molecule has 0 bridgehead atoms. The minimum atomic E-state index is -0.0568. The predicted molar refractivity (Wildman–Crippen MR) is 109 cm³/mol. The second-order valence-electron chi connectivity index (χ2n) is 5.95. The van der Waals surface area contributed by atoms with Gasteiger partial charge in [-0.3, -0.25) is 4.79 Å². The summed E-state index contributed by atoms with van der Waals surface area (Å²) < 4.78 is 0. The molecule has 1 heterocycles. The average molecular weight is 376 g/mol. The van der Waals surface area contributed by atoms with Crippen molar-refractivity contribution in [1.29, 1.82) is 0 Å². The van der Waals surface area contributed by atoms with Gasteiger partial charge < -0.3 is 5.32 Å². The summed E-state index contributed by atoms with van der Waals surface area (Å²) in [6.45, 7) is 2.85. The van der Waals surface area contributed by atoms with Crippen LogP contribution in [-0.4, -0.2) is 28.4 Å². The normalized spacial score (nSPS) is 12.0. The van der Waals surface area contributed by atoms with Crippen LogP contribution in [0.1, 0.15) is 42.1 Å². The van der Waals surface area contributed by atoms with E-state index in [0.29, 0.717) is 17.8 Å². The fourth-order valence-corrected chi connectivity index (χ4v) is 3.84. The first-order valence-corrected chi connectivity index (χ1v) is 10.0. The minimum Gasteiger partial charge on any atom is -0.352 e. The third kappa shape index (κ3) is 4.27. The Balaban J connectivity index is 1.91. The summed E-state index contributed by atoms with van der Waals surface area (Å²) in [6, 6.07) is 13.7. The molecule has 0 spiro atoms. The van der Waals surface area contributed by atoms with Crippen LogP contribution in [0.4, 0.5) is 5.69 Å². The third-order valence-electron chi connectivity index (χ3n) is 4.06. The quantitative estimate of drug-likeness (QED) is 0.480. The van der Waals surface area contributed by atoms with E-state index in [1.165, 1.54) is 0 Å². The van der Waals surface area contributed by atoms with Gasteiger partial charge in [-0.05, 0) is 30.7 Å². The van der Waals surface area contributed by atoms with E-state index in [4.69, 9.17) is 4.99 Å². The van der Waals surface area contributed by atoms with Crippen LogP contribution < -0.4 is 5.32 Å². The molecule has 2 aromatic rings. The fraction of sp³-hybridized carbons (Fsp3) is 0.238. The largest absolute Gasteiger partial charge is 0.352 e. The van der Waals surface area contributed by atoms with Crippen LogP contribution in [0, 0.1) is 11.5 Å². The van der Waals surface area contributed by atoms with E-state index in [1.807, 2.05) is 36.4 Å². The number of aliphatic imine (C=N–C) groups is 1. The maximum Gasteiger partial charge on any atom is 0.251 e. The van der Waals surface area contributed by atoms with Crippen molar-refractivity contribution in [2.75, 3.05) is 6.54 Å². The van der Waals surface area contributed by atoms with Crippen molar-refractivity contribution >= 4 is 39.3 Å². The summed E-state index contributed by atoms with van der Waals surface area (Å²) in [7, 11) is 3.22. The highest BCUT2D eigenvalue weighted by molar-refractivity contribution is 7.99. The Morgan fingerprint density at radius 2 is 2.04 bits per heavy atom. The van der Waals surface area contributed by atoms with E-state index in [1.54, 1.807) is 11.8 Å². The maximum absolute atomic E-state index is 12.4. The highest BCUT2D eigenvalue weighted by Gasteiger charge is 2.17. The molecule has 0 aromatic heterocycles. The van der Waals surface area contributed by atoms with Gasteiger partial charge in [0.1, 0.15) is 16.0 Å². The lowest BCUT2D eigenvalue weighted by Gasteiger charge is -2.08. The Morgan fingerprint density at radius 1 is 1.19 bits per heavy atom. The Morgan fingerprint density at radius 3 is 2.85 bits per heavy atom. The number of hydrogen-bond acceptors (Lipinski definition) is 3. The minimum absolute atomic E-state index is 0.0568. The lowest BCUT2D eigenvalue weighted by Crippen LogP contribution is -2.24. The molecule has 0 atom stereocenters. The van der Waals surface area contributed by atoms with Crippen molar-refractivity contribution in [2.45, 2.75) is 36.0 Å². The fourth-order valence-electron chi connectivity index (χ4n) is 2.72. The van der Waals surface area contributed by atoms with Crippen LogP contribution in [0.15, 0.2) is 57.2 Å². The second-order valence-corrected chi connectivity index (χ2v) is 7.29. The molecule has 0 fully saturated rings.